The Bertz CT molecular complexity index is 896. The maximum absolute atomic E-state index is 15.0. The van der Waals surface area contributed by atoms with E-state index in [1.165, 1.54) is 5.56 Å². The number of hydrogen-bond acceptors (Lipinski definition) is 0. The van der Waals surface area contributed by atoms with E-state index in [0.29, 0.717) is 29.4 Å². The first kappa shape index (κ1) is 17.5. The molecule has 3 heteroatoms. The van der Waals surface area contributed by atoms with Gasteiger partial charge in [0.2, 0.25) is 0 Å². The zero-order chi connectivity index (χ0) is 18.0. The molecule has 0 saturated heterocycles. The van der Waals surface area contributed by atoms with E-state index in [0.717, 1.165) is 12.8 Å². The summed E-state index contributed by atoms with van der Waals surface area (Å²) < 4.78 is 43.7. The van der Waals surface area contributed by atoms with Crippen molar-refractivity contribution in [1.82, 2.24) is 0 Å². The monoisotopic (exact) mass is 342 g/mol. The Labute approximate surface area is 146 Å². The van der Waals surface area contributed by atoms with Crippen molar-refractivity contribution in [3.63, 3.8) is 0 Å². The summed E-state index contributed by atoms with van der Waals surface area (Å²) in [5, 5.41) is 0.124. The molecule has 0 aromatic heterocycles. The number of halogens is 3. The molecule has 0 spiro atoms. The molecule has 3 aromatic carbocycles. The second-order valence-electron chi connectivity index (χ2n) is 6.39. The Hall–Kier alpha value is -2.29. The van der Waals surface area contributed by atoms with E-state index < -0.39 is 17.5 Å². The van der Waals surface area contributed by atoms with Gasteiger partial charge in [-0.15, -0.1) is 0 Å². The molecule has 130 valence electrons. The first-order valence-electron chi connectivity index (χ1n) is 8.75. The molecule has 3 rings (SSSR count). The minimum atomic E-state index is -1.09. The molecule has 0 heterocycles. The summed E-state index contributed by atoms with van der Waals surface area (Å²) in [5.41, 5.74) is 2.42. The fraction of sp³-hybridized carbons (Fsp3) is 0.273. The van der Waals surface area contributed by atoms with Gasteiger partial charge in [0.05, 0.1) is 5.39 Å². The normalized spacial score (nSPS) is 11.2. The maximum Gasteiger partial charge on any atom is 0.169 e. The zero-order valence-corrected chi connectivity index (χ0v) is 14.5. The lowest BCUT2D eigenvalue weighted by molar-refractivity contribution is 0.502. The third-order valence-corrected chi connectivity index (χ3v) is 4.52. The average Bonchev–Trinajstić information content (AvgIpc) is 2.61. The van der Waals surface area contributed by atoms with Crippen LogP contribution in [0.25, 0.3) is 21.9 Å². The van der Waals surface area contributed by atoms with Crippen LogP contribution in [0.2, 0.25) is 0 Å². The lowest BCUT2D eigenvalue weighted by Gasteiger charge is -2.11. The smallest absolute Gasteiger partial charge is 0.169 e. The van der Waals surface area contributed by atoms with Gasteiger partial charge in [-0.2, -0.15) is 0 Å². The fourth-order valence-electron chi connectivity index (χ4n) is 3.25. The largest absolute Gasteiger partial charge is 0.206 e. The van der Waals surface area contributed by atoms with E-state index in [9.17, 15) is 13.2 Å². The summed E-state index contributed by atoms with van der Waals surface area (Å²) in [6.45, 7) is 3.99. The van der Waals surface area contributed by atoms with Crippen molar-refractivity contribution in [3.8, 4) is 11.1 Å². The molecule has 0 amide bonds. The van der Waals surface area contributed by atoms with Crippen LogP contribution in [0.4, 0.5) is 13.2 Å². The summed E-state index contributed by atoms with van der Waals surface area (Å²) >= 11 is 0. The van der Waals surface area contributed by atoms with E-state index in [1.54, 1.807) is 18.2 Å². The molecule has 0 fully saturated rings. The third-order valence-electron chi connectivity index (χ3n) is 4.52. The second-order valence-corrected chi connectivity index (χ2v) is 6.39. The van der Waals surface area contributed by atoms with Gasteiger partial charge in [0, 0.05) is 5.56 Å². The van der Waals surface area contributed by atoms with Gasteiger partial charge in [-0.25, -0.2) is 13.2 Å². The van der Waals surface area contributed by atoms with Gasteiger partial charge >= 0.3 is 0 Å². The Morgan fingerprint density at radius 3 is 2.04 bits per heavy atom. The molecular formula is C22H21F3. The van der Waals surface area contributed by atoms with Crippen molar-refractivity contribution in [2.24, 2.45) is 0 Å². The van der Waals surface area contributed by atoms with Gasteiger partial charge in [0.25, 0.3) is 0 Å². The Morgan fingerprint density at radius 2 is 1.40 bits per heavy atom. The van der Waals surface area contributed by atoms with Crippen LogP contribution < -0.4 is 0 Å². The summed E-state index contributed by atoms with van der Waals surface area (Å²) in [6, 6.07) is 12.4. The first-order valence-corrected chi connectivity index (χ1v) is 8.75. The van der Waals surface area contributed by atoms with Crippen LogP contribution in [0.15, 0.2) is 42.5 Å². The highest BCUT2D eigenvalue weighted by Crippen LogP contribution is 2.33. The van der Waals surface area contributed by atoms with Crippen molar-refractivity contribution in [3.05, 3.63) is 71.0 Å². The van der Waals surface area contributed by atoms with Gasteiger partial charge in [-0.05, 0) is 41.0 Å². The van der Waals surface area contributed by atoms with Crippen LogP contribution >= 0.6 is 0 Å². The van der Waals surface area contributed by atoms with E-state index in [4.69, 9.17) is 0 Å². The Kier molecular flexibility index (Phi) is 5.12. The quantitative estimate of drug-likeness (QED) is 0.477. The molecular weight excluding hydrogens is 321 g/mol. The minimum Gasteiger partial charge on any atom is -0.206 e. The van der Waals surface area contributed by atoms with Crippen LogP contribution in [-0.2, 0) is 12.8 Å². The van der Waals surface area contributed by atoms with E-state index in [2.05, 4.69) is 6.92 Å². The van der Waals surface area contributed by atoms with Gasteiger partial charge in [-0.3, -0.25) is 0 Å². The molecule has 0 aliphatic heterocycles. The SMILES string of the molecule is CCCc1ccc(-c2ccc3cc(CCC)c(F)c(F)c3c2F)cc1. The van der Waals surface area contributed by atoms with Crippen molar-refractivity contribution in [2.75, 3.05) is 0 Å². The Morgan fingerprint density at radius 1 is 0.720 bits per heavy atom. The standard InChI is InChI=1S/C22H21F3/c1-3-5-14-7-9-15(10-8-14)18-12-11-16-13-17(6-4-2)20(23)22(25)19(16)21(18)24/h7-13H,3-6H2,1-2H3. The molecule has 0 aliphatic rings. The lowest BCUT2D eigenvalue weighted by atomic mass is 9.96. The van der Waals surface area contributed by atoms with Crippen molar-refractivity contribution < 1.29 is 13.2 Å². The molecule has 0 radical (unpaired) electrons. The number of aryl methyl sites for hydroxylation is 2. The molecule has 0 saturated carbocycles. The van der Waals surface area contributed by atoms with Gasteiger partial charge < -0.3 is 0 Å². The van der Waals surface area contributed by atoms with E-state index in [-0.39, 0.29) is 10.9 Å². The third kappa shape index (κ3) is 3.28. The highest BCUT2D eigenvalue weighted by molar-refractivity contribution is 5.89. The topological polar surface area (TPSA) is 0 Å². The van der Waals surface area contributed by atoms with Crippen LogP contribution in [0.1, 0.15) is 37.8 Å². The molecule has 3 aromatic rings. The number of benzene rings is 3. The molecule has 0 atom stereocenters. The highest BCUT2D eigenvalue weighted by atomic mass is 19.2. The van der Waals surface area contributed by atoms with Gasteiger partial charge in [-0.1, -0.05) is 63.1 Å². The summed E-state index contributed by atoms with van der Waals surface area (Å²) in [6.07, 6.45) is 3.13. The summed E-state index contributed by atoms with van der Waals surface area (Å²) in [7, 11) is 0. The summed E-state index contributed by atoms with van der Waals surface area (Å²) in [4.78, 5) is 0. The van der Waals surface area contributed by atoms with E-state index >= 15 is 0 Å². The Balaban J connectivity index is 2.13. The number of rotatable bonds is 5. The van der Waals surface area contributed by atoms with E-state index in [1.807, 2.05) is 31.2 Å². The van der Waals surface area contributed by atoms with Gasteiger partial charge in [0.1, 0.15) is 5.82 Å². The predicted molar refractivity (Wildman–Crippen MR) is 97.2 cm³/mol. The molecule has 0 N–H and O–H groups in total. The highest BCUT2D eigenvalue weighted by Gasteiger charge is 2.19. The number of fused-ring (bicyclic) bond motifs is 1. The molecule has 25 heavy (non-hydrogen) atoms. The van der Waals surface area contributed by atoms with Gasteiger partial charge in [0.15, 0.2) is 11.6 Å². The van der Waals surface area contributed by atoms with Crippen LogP contribution in [-0.4, -0.2) is 0 Å². The minimum absolute atomic E-state index is 0.271. The fourth-order valence-corrected chi connectivity index (χ4v) is 3.25. The van der Waals surface area contributed by atoms with Crippen molar-refractivity contribution in [1.29, 1.82) is 0 Å². The maximum atomic E-state index is 15.0. The van der Waals surface area contributed by atoms with Crippen molar-refractivity contribution in [2.45, 2.75) is 39.5 Å². The first-order chi connectivity index (χ1) is 12.1. The molecule has 0 aliphatic carbocycles. The number of hydrogen-bond donors (Lipinski definition) is 0. The van der Waals surface area contributed by atoms with Crippen LogP contribution in [0.5, 0.6) is 0 Å². The lowest BCUT2D eigenvalue weighted by Crippen LogP contribution is -1.99. The zero-order valence-electron chi connectivity index (χ0n) is 14.5. The molecule has 0 bridgehead atoms. The second kappa shape index (κ2) is 7.30. The predicted octanol–water partition coefficient (Wildman–Crippen LogP) is 6.83. The summed E-state index contributed by atoms with van der Waals surface area (Å²) in [5.74, 6) is -2.74. The van der Waals surface area contributed by atoms with Crippen molar-refractivity contribution >= 4 is 10.8 Å². The van der Waals surface area contributed by atoms with Crippen LogP contribution in [0, 0.1) is 17.5 Å². The van der Waals surface area contributed by atoms with Crippen LogP contribution in [0.3, 0.4) is 0 Å². The molecule has 0 unspecified atom stereocenters. The molecule has 0 nitrogen and oxygen atoms in total. The average molecular weight is 342 g/mol.